The molecule has 1 heterocycles. The highest BCUT2D eigenvalue weighted by atomic mass is 16.5. The first-order chi connectivity index (χ1) is 14.0. The van der Waals surface area contributed by atoms with Gasteiger partial charge in [-0.1, -0.05) is 32.0 Å². The molecule has 0 aliphatic carbocycles. The van der Waals surface area contributed by atoms with E-state index in [9.17, 15) is 9.59 Å². The lowest BCUT2D eigenvalue weighted by Gasteiger charge is -2.12. The van der Waals surface area contributed by atoms with Gasteiger partial charge in [-0.15, -0.1) is 0 Å². The van der Waals surface area contributed by atoms with Crippen molar-refractivity contribution in [2.75, 3.05) is 25.1 Å². The number of rotatable bonds is 8. The summed E-state index contributed by atoms with van der Waals surface area (Å²) in [6.45, 7) is 5.40. The highest BCUT2D eigenvalue weighted by Gasteiger charge is 2.17. The largest absolute Gasteiger partial charge is 0.484 e. The van der Waals surface area contributed by atoms with Gasteiger partial charge in [-0.25, -0.2) is 0 Å². The van der Waals surface area contributed by atoms with Crippen molar-refractivity contribution in [2.45, 2.75) is 38.7 Å². The summed E-state index contributed by atoms with van der Waals surface area (Å²) in [4.78, 5) is 24.5. The summed E-state index contributed by atoms with van der Waals surface area (Å²) in [5, 5.41) is 5.64. The van der Waals surface area contributed by atoms with Gasteiger partial charge in [0.25, 0.3) is 11.8 Å². The molecule has 29 heavy (non-hydrogen) atoms. The summed E-state index contributed by atoms with van der Waals surface area (Å²) in [6, 6.07) is 14.6. The molecule has 1 aliphatic rings. The van der Waals surface area contributed by atoms with Crippen molar-refractivity contribution in [3.8, 4) is 5.75 Å². The normalized spacial score (nSPS) is 15.9. The van der Waals surface area contributed by atoms with Crippen LogP contribution in [-0.4, -0.2) is 37.7 Å². The van der Waals surface area contributed by atoms with Crippen LogP contribution in [0, 0.1) is 0 Å². The lowest BCUT2D eigenvalue weighted by Crippen LogP contribution is -2.31. The lowest BCUT2D eigenvalue weighted by atomic mass is 10.0. The van der Waals surface area contributed by atoms with Gasteiger partial charge in [-0.05, 0) is 54.7 Å². The summed E-state index contributed by atoms with van der Waals surface area (Å²) in [6.07, 6.45) is 2.09. The number of ether oxygens (including phenoxy) is 2. The lowest BCUT2D eigenvalue weighted by molar-refractivity contribution is -0.118. The van der Waals surface area contributed by atoms with E-state index in [4.69, 9.17) is 9.47 Å². The molecular formula is C23H28N2O4. The maximum Gasteiger partial charge on any atom is 0.262 e. The summed E-state index contributed by atoms with van der Waals surface area (Å²) >= 11 is 0. The van der Waals surface area contributed by atoms with Crippen LogP contribution in [0.1, 0.15) is 48.5 Å². The Bertz CT molecular complexity index is 827. The second-order valence-electron chi connectivity index (χ2n) is 7.49. The molecule has 1 fully saturated rings. The van der Waals surface area contributed by atoms with Crippen molar-refractivity contribution in [2.24, 2.45) is 0 Å². The van der Waals surface area contributed by atoms with Gasteiger partial charge in [0, 0.05) is 24.4 Å². The van der Waals surface area contributed by atoms with Gasteiger partial charge in [0.15, 0.2) is 6.61 Å². The Balaban J connectivity index is 1.48. The number of hydrogen-bond donors (Lipinski definition) is 2. The first kappa shape index (κ1) is 20.9. The zero-order valence-corrected chi connectivity index (χ0v) is 16.9. The maximum atomic E-state index is 12.3. The minimum Gasteiger partial charge on any atom is -0.484 e. The van der Waals surface area contributed by atoms with Gasteiger partial charge in [-0.3, -0.25) is 9.59 Å². The fourth-order valence-electron chi connectivity index (χ4n) is 3.15. The topological polar surface area (TPSA) is 76.7 Å². The van der Waals surface area contributed by atoms with Crippen LogP contribution in [0.5, 0.6) is 5.75 Å². The van der Waals surface area contributed by atoms with Crippen LogP contribution in [0.2, 0.25) is 0 Å². The van der Waals surface area contributed by atoms with Gasteiger partial charge < -0.3 is 20.1 Å². The SMILES string of the molecule is CC(C)c1ccc(OCC(=O)Nc2cccc(C(=O)NCC3CCCO3)c2)cc1. The molecule has 0 aromatic heterocycles. The summed E-state index contributed by atoms with van der Waals surface area (Å²) in [7, 11) is 0. The van der Waals surface area contributed by atoms with Crippen LogP contribution >= 0.6 is 0 Å². The highest BCUT2D eigenvalue weighted by Crippen LogP contribution is 2.19. The maximum absolute atomic E-state index is 12.3. The van der Waals surface area contributed by atoms with Crippen LogP contribution in [0.4, 0.5) is 5.69 Å². The molecule has 2 aromatic rings. The molecule has 2 N–H and O–H groups in total. The molecule has 0 radical (unpaired) electrons. The fraction of sp³-hybridized carbons (Fsp3) is 0.391. The van der Waals surface area contributed by atoms with Crippen LogP contribution in [0.3, 0.4) is 0 Å². The van der Waals surface area contributed by atoms with E-state index >= 15 is 0 Å². The van der Waals surface area contributed by atoms with Gasteiger partial charge in [0.1, 0.15) is 5.75 Å². The number of carbonyl (C=O) groups is 2. The first-order valence-corrected chi connectivity index (χ1v) is 10.0. The average molecular weight is 396 g/mol. The van der Waals surface area contributed by atoms with Gasteiger partial charge in [0.05, 0.1) is 6.10 Å². The molecule has 6 nitrogen and oxygen atoms in total. The second-order valence-corrected chi connectivity index (χ2v) is 7.49. The van der Waals surface area contributed by atoms with E-state index in [-0.39, 0.29) is 24.5 Å². The second kappa shape index (κ2) is 10.1. The summed E-state index contributed by atoms with van der Waals surface area (Å²) < 4.78 is 11.1. The molecule has 1 aliphatic heterocycles. The van der Waals surface area contributed by atoms with E-state index in [1.165, 1.54) is 5.56 Å². The molecule has 6 heteroatoms. The molecule has 0 spiro atoms. The Hall–Kier alpha value is -2.86. The Morgan fingerprint density at radius 2 is 1.97 bits per heavy atom. The Morgan fingerprint density at radius 1 is 1.17 bits per heavy atom. The van der Waals surface area contributed by atoms with Crippen LogP contribution in [-0.2, 0) is 9.53 Å². The van der Waals surface area contributed by atoms with E-state index in [0.717, 1.165) is 19.4 Å². The Labute approximate surface area is 171 Å². The molecule has 0 saturated carbocycles. The Kier molecular flexibility index (Phi) is 7.25. The summed E-state index contributed by atoms with van der Waals surface area (Å²) in [5.74, 6) is 0.627. The quantitative estimate of drug-likeness (QED) is 0.713. The van der Waals surface area contributed by atoms with Crippen molar-refractivity contribution >= 4 is 17.5 Å². The number of anilines is 1. The molecule has 2 aromatic carbocycles. The third-order valence-corrected chi connectivity index (χ3v) is 4.84. The van der Waals surface area contributed by atoms with Crippen molar-refractivity contribution in [3.63, 3.8) is 0 Å². The fourth-order valence-corrected chi connectivity index (χ4v) is 3.15. The van der Waals surface area contributed by atoms with E-state index in [0.29, 0.717) is 29.5 Å². The zero-order valence-electron chi connectivity index (χ0n) is 16.9. The van der Waals surface area contributed by atoms with Gasteiger partial charge in [-0.2, -0.15) is 0 Å². The molecule has 3 rings (SSSR count). The Morgan fingerprint density at radius 3 is 2.66 bits per heavy atom. The monoisotopic (exact) mass is 396 g/mol. The summed E-state index contributed by atoms with van der Waals surface area (Å²) in [5.41, 5.74) is 2.26. The van der Waals surface area contributed by atoms with E-state index in [2.05, 4.69) is 24.5 Å². The molecule has 0 bridgehead atoms. The van der Waals surface area contributed by atoms with E-state index in [1.54, 1.807) is 24.3 Å². The highest BCUT2D eigenvalue weighted by molar-refractivity contribution is 5.97. The first-order valence-electron chi connectivity index (χ1n) is 10.0. The zero-order chi connectivity index (χ0) is 20.6. The van der Waals surface area contributed by atoms with Crippen LogP contribution in [0.25, 0.3) is 0 Å². The van der Waals surface area contributed by atoms with Crippen molar-refractivity contribution < 1.29 is 19.1 Å². The number of benzene rings is 2. The molecule has 1 atom stereocenters. The van der Waals surface area contributed by atoms with Crippen molar-refractivity contribution in [1.82, 2.24) is 5.32 Å². The third kappa shape index (κ3) is 6.32. The van der Waals surface area contributed by atoms with Crippen LogP contribution < -0.4 is 15.4 Å². The minimum absolute atomic E-state index is 0.0913. The van der Waals surface area contributed by atoms with Gasteiger partial charge in [0.2, 0.25) is 0 Å². The average Bonchev–Trinajstić information content (AvgIpc) is 3.24. The number of carbonyl (C=O) groups excluding carboxylic acids is 2. The molecule has 1 unspecified atom stereocenters. The predicted molar refractivity (Wildman–Crippen MR) is 112 cm³/mol. The van der Waals surface area contributed by atoms with E-state index in [1.807, 2.05) is 24.3 Å². The smallest absolute Gasteiger partial charge is 0.262 e. The molecular weight excluding hydrogens is 368 g/mol. The minimum atomic E-state index is -0.283. The molecule has 2 amide bonds. The predicted octanol–water partition coefficient (Wildman–Crippen LogP) is 3.74. The van der Waals surface area contributed by atoms with E-state index < -0.39 is 0 Å². The standard InChI is InChI=1S/C23H28N2O4/c1-16(2)17-8-10-20(11-9-17)29-15-22(26)25-19-6-3-5-18(13-19)23(27)24-14-21-7-4-12-28-21/h3,5-6,8-11,13,16,21H,4,7,12,14-15H2,1-2H3,(H,24,27)(H,25,26). The third-order valence-electron chi connectivity index (χ3n) is 4.84. The molecule has 154 valence electrons. The number of nitrogens with one attached hydrogen (secondary N) is 2. The van der Waals surface area contributed by atoms with Gasteiger partial charge >= 0.3 is 0 Å². The van der Waals surface area contributed by atoms with Crippen LogP contribution in [0.15, 0.2) is 48.5 Å². The number of hydrogen-bond acceptors (Lipinski definition) is 4. The van der Waals surface area contributed by atoms with Crippen molar-refractivity contribution in [1.29, 1.82) is 0 Å². The van der Waals surface area contributed by atoms with Crippen molar-refractivity contribution in [3.05, 3.63) is 59.7 Å². The number of amides is 2. The molecule has 1 saturated heterocycles.